The smallest absolute Gasteiger partial charge is 0.275 e. The van der Waals surface area contributed by atoms with Crippen LogP contribution < -0.4 is 0 Å². The van der Waals surface area contributed by atoms with Gasteiger partial charge in [0.05, 0.1) is 5.92 Å². The summed E-state index contributed by atoms with van der Waals surface area (Å²) >= 11 is 0. The fourth-order valence-corrected chi connectivity index (χ4v) is 1.42. The first kappa shape index (κ1) is 10.9. The van der Waals surface area contributed by atoms with Crippen LogP contribution in [0.2, 0.25) is 0 Å². The monoisotopic (exact) mass is 193 g/mol. The Morgan fingerprint density at radius 1 is 1.31 bits per heavy atom. The van der Waals surface area contributed by atoms with E-state index in [1.165, 1.54) is 0 Å². The van der Waals surface area contributed by atoms with E-state index in [1.807, 2.05) is 25.7 Å². The maximum Gasteiger partial charge on any atom is 0.275 e. The Balaban J connectivity index is 2.42. The highest BCUT2D eigenvalue weighted by molar-refractivity contribution is 4.94. The summed E-state index contributed by atoms with van der Waals surface area (Å²) in [6.07, 6.45) is 0. The van der Waals surface area contributed by atoms with E-state index in [2.05, 4.69) is 0 Å². The normalized spacial score (nSPS) is 21.7. The molecule has 1 aliphatic heterocycles. The molecule has 0 unspecified atom stereocenters. The number of hydrogen-bond donors (Lipinski definition) is 1. The fourth-order valence-electron chi connectivity index (χ4n) is 1.42. The zero-order valence-electron chi connectivity index (χ0n) is 8.35. The number of aliphatic hydroxyl groups excluding tert-OH is 1. The lowest BCUT2D eigenvalue weighted by Gasteiger charge is -2.49. The van der Waals surface area contributed by atoms with Gasteiger partial charge in [0, 0.05) is 18.6 Å². The molecular weight excluding hydrogens is 176 g/mol. The van der Waals surface area contributed by atoms with Crippen molar-refractivity contribution < 1.29 is 13.9 Å². The minimum Gasteiger partial charge on any atom is -0.390 e. The summed E-state index contributed by atoms with van der Waals surface area (Å²) < 4.78 is 25.8. The summed E-state index contributed by atoms with van der Waals surface area (Å²) in [7, 11) is 0. The van der Waals surface area contributed by atoms with Crippen LogP contribution in [-0.2, 0) is 0 Å². The molecule has 1 heterocycles. The molecule has 0 aliphatic carbocycles. The molecule has 0 radical (unpaired) electrons. The van der Waals surface area contributed by atoms with Crippen LogP contribution in [0.5, 0.6) is 0 Å². The summed E-state index contributed by atoms with van der Waals surface area (Å²) in [6.45, 7) is 5.74. The van der Waals surface area contributed by atoms with Crippen molar-refractivity contribution in [3.63, 3.8) is 0 Å². The number of rotatable bonds is 2. The molecule has 13 heavy (non-hydrogen) atoms. The molecule has 0 atom stereocenters. The second kappa shape index (κ2) is 3.17. The maximum absolute atomic E-state index is 12.9. The Bertz CT molecular complexity index is 183. The third-order valence-corrected chi connectivity index (χ3v) is 2.64. The number of alkyl halides is 2. The van der Waals surface area contributed by atoms with E-state index < -0.39 is 18.4 Å². The Labute approximate surface area is 77.5 Å². The lowest BCUT2D eigenvalue weighted by Crippen LogP contribution is -2.61. The van der Waals surface area contributed by atoms with Gasteiger partial charge in [-0.15, -0.1) is 0 Å². The van der Waals surface area contributed by atoms with Crippen LogP contribution in [0.4, 0.5) is 8.78 Å². The highest BCUT2D eigenvalue weighted by atomic mass is 19.3. The summed E-state index contributed by atoms with van der Waals surface area (Å²) in [4.78, 5) is 1.99. The molecule has 2 nitrogen and oxygen atoms in total. The van der Waals surface area contributed by atoms with Crippen LogP contribution in [0.15, 0.2) is 0 Å². The third kappa shape index (κ3) is 2.17. The first-order valence-corrected chi connectivity index (χ1v) is 4.51. The molecular formula is C9H17F2NO. The van der Waals surface area contributed by atoms with E-state index >= 15 is 0 Å². The van der Waals surface area contributed by atoms with Gasteiger partial charge in [0.2, 0.25) is 0 Å². The highest BCUT2D eigenvalue weighted by Gasteiger charge is 2.48. The predicted octanol–water partition coefficient (Wildman–Crippen LogP) is 1.34. The average Bonchev–Trinajstić information content (AvgIpc) is 1.79. The summed E-state index contributed by atoms with van der Waals surface area (Å²) in [6, 6.07) is 0. The van der Waals surface area contributed by atoms with Crippen LogP contribution in [-0.4, -0.2) is 41.2 Å². The molecule has 4 heteroatoms. The van der Waals surface area contributed by atoms with Gasteiger partial charge in [0.1, 0.15) is 6.61 Å². The Morgan fingerprint density at radius 3 is 2.08 bits per heavy atom. The number of aliphatic hydroxyl groups is 1. The van der Waals surface area contributed by atoms with Gasteiger partial charge in [-0.1, -0.05) is 0 Å². The molecule has 0 aromatic heterocycles. The molecule has 1 saturated heterocycles. The van der Waals surface area contributed by atoms with Crippen LogP contribution in [0, 0.1) is 5.92 Å². The van der Waals surface area contributed by atoms with Crippen molar-refractivity contribution >= 4 is 0 Å². The first-order chi connectivity index (χ1) is 5.77. The van der Waals surface area contributed by atoms with Gasteiger partial charge in [0.25, 0.3) is 5.92 Å². The molecule has 0 amide bonds. The molecule has 78 valence electrons. The van der Waals surface area contributed by atoms with Crippen LogP contribution in [0.1, 0.15) is 20.8 Å². The van der Waals surface area contributed by atoms with Crippen molar-refractivity contribution in [1.82, 2.24) is 4.90 Å². The van der Waals surface area contributed by atoms with Crippen molar-refractivity contribution in [3.05, 3.63) is 0 Å². The van der Waals surface area contributed by atoms with Crippen molar-refractivity contribution in [2.24, 2.45) is 5.92 Å². The van der Waals surface area contributed by atoms with Crippen LogP contribution in [0.25, 0.3) is 0 Å². The van der Waals surface area contributed by atoms with Gasteiger partial charge in [-0.25, -0.2) is 8.78 Å². The zero-order valence-corrected chi connectivity index (χ0v) is 8.35. The van der Waals surface area contributed by atoms with E-state index in [4.69, 9.17) is 5.11 Å². The molecule has 1 rings (SSSR count). The molecule has 1 fully saturated rings. The molecule has 0 aromatic rings. The van der Waals surface area contributed by atoms with Crippen molar-refractivity contribution in [2.75, 3.05) is 19.7 Å². The molecule has 1 aliphatic rings. The minimum absolute atomic E-state index is 0.0396. The van der Waals surface area contributed by atoms with Gasteiger partial charge >= 0.3 is 0 Å². The van der Waals surface area contributed by atoms with Crippen LogP contribution >= 0.6 is 0 Å². The van der Waals surface area contributed by atoms with Gasteiger partial charge in [0.15, 0.2) is 0 Å². The van der Waals surface area contributed by atoms with E-state index in [9.17, 15) is 8.78 Å². The van der Waals surface area contributed by atoms with Crippen molar-refractivity contribution in [2.45, 2.75) is 32.2 Å². The molecule has 0 spiro atoms. The maximum atomic E-state index is 12.9. The predicted molar refractivity (Wildman–Crippen MR) is 46.8 cm³/mol. The van der Waals surface area contributed by atoms with Gasteiger partial charge < -0.3 is 5.11 Å². The summed E-state index contributed by atoms with van der Waals surface area (Å²) in [5.41, 5.74) is -0.0396. The fraction of sp³-hybridized carbons (Fsp3) is 1.00. The van der Waals surface area contributed by atoms with Crippen molar-refractivity contribution in [3.8, 4) is 0 Å². The Hall–Kier alpha value is -0.220. The summed E-state index contributed by atoms with van der Waals surface area (Å²) in [5.74, 6) is -3.57. The lowest BCUT2D eigenvalue weighted by molar-refractivity contribution is -0.158. The number of likely N-dealkylation sites (tertiary alicyclic amines) is 1. The number of halogens is 2. The third-order valence-electron chi connectivity index (χ3n) is 2.64. The second-order valence-electron chi connectivity index (χ2n) is 4.69. The molecule has 0 bridgehead atoms. The molecule has 0 aromatic carbocycles. The molecule has 0 saturated carbocycles. The number of hydrogen-bond acceptors (Lipinski definition) is 2. The standard InChI is InChI=1S/C9H17F2NO/c1-8(2,3)12-4-7(5-12)9(10,11)6-13/h7,13H,4-6H2,1-3H3. The van der Waals surface area contributed by atoms with Gasteiger partial charge in [-0.2, -0.15) is 0 Å². The lowest BCUT2D eigenvalue weighted by atomic mass is 9.88. The average molecular weight is 193 g/mol. The largest absolute Gasteiger partial charge is 0.390 e. The summed E-state index contributed by atoms with van der Waals surface area (Å²) in [5, 5.41) is 8.45. The minimum atomic E-state index is -2.90. The van der Waals surface area contributed by atoms with E-state index in [0.29, 0.717) is 13.1 Å². The zero-order chi connectivity index (χ0) is 10.3. The van der Waals surface area contributed by atoms with Crippen LogP contribution in [0.3, 0.4) is 0 Å². The Morgan fingerprint density at radius 2 is 1.77 bits per heavy atom. The highest BCUT2D eigenvalue weighted by Crippen LogP contribution is 2.35. The molecule has 1 N–H and O–H groups in total. The quantitative estimate of drug-likeness (QED) is 0.715. The van der Waals surface area contributed by atoms with E-state index in [0.717, 1.165) is 0 Å². The van der Waals surface area contributed by atoms with Gasteiger partial charge in [-0.05, 0) is 20.8 Å². The number of nitrogens with zero attached hydrogens (tertiary/aromatic N) is 1. The van der Waals surface area contributed by atoms with Gasteiger partial charge in [-0.3, -0.25) is 4.90 Å². The second-order valence-corrected chi connectivity index (χ2v) is 4.69. The Kier molecular flexibility index (Phi) is 2.65. The SMILES string of the molecule is CC(C)(C)N1CC(C(F)(F)CO)C1. The van der Waals surface area contributed by atoms with E-state index in [1.54, 1.807) is 0 Å². The van der Waals surface area contributed by atoms with Crippen molar-refractivity contribution in [1.29, 1.82) is 0 Å². The van der Waals surface area contributed by atoms with E-state index in [-0.39, 0.29) is 5.54 Å². The first-order valence-electron chi connectivity index (χ1n) is 4.51. The topological polar surface area (TPSA) is 23.5 Å².